The number of benzene rings is 2. The molecule has 0 spiro atoms. The van der Waals surface area contributed by atoms with Crippen LogP contribution in [0.1, 0.15) is 21.7 Å². The Morgan fingerprint density at radius 3 is 2.61 bits per heavy atom. The molecular weight excluding hydrogens is 355 g/mol. The molecule has 5 heteroatoms. The molecule has 0 saturated carbocycles. The number of rotatable bonds is 4. The summed E-state index contributed by atoms with van der Waals surface area (Å²) in [5.74, 6) is 0.159. The van der Waals surface area contributed by atoms with E-state index < -0.39 is 0 Å². The van der Waals surface area contributed by atoms with Crippen molar-refractivity contribution in [2.24, 2.45) is 0 Å². The van der Waals surface area contributed by atoms with Gasteiger partial charge < -0.3 is 14.2 Å². The number of nitrogens with one attached hydrogen (secondary N) is 1. The normalized spacial score (nSPS) is 15.0. The number of halogens is 1. The summed E-state index contributed by atoms with van der Waals surface area (Å²) in [6, 6.07) is 18.3. The largest absolute Gasteiger partial charge is 0.451 e. The third-order valence-corrected chi connectivity index (χ3v) is 5.25. The first-order valence-electron chi connectivity index (χ1n) is 9.63. The van der Waals surface area contributed by atoms with E-state index in [-0.39, 0.29) is 17.5 Å². The number of quaternary nitrogens is 1. The number of furan rings is 1. The number of amides is 1. The predicted molar refractivity (Wildman–Crippen MR) is 106 cm³/mol. The molecule has 28 heavy (non-hydrogen) atoms. The summed E-state index contributed by atoms with van der Waals surface area (Å²) in [7, 11) is 0. The second kappa shape index (κ2) is 7.98. The van der Waals surface area contributed by atoms with Crippen LogP contribution in [0.2, 0.25) is 0 Å². The molecule has 1 amide bonds. The zero-order valence-corrected chi connectivity index (χ0v) is 16.0. The van der Waals surface area contributed by atoms with Gasteiger partial charge in [-0.3, -0.25) is 4.79 Å². The van der Waals surface area contributed by atoms with E-state index in [2.05, 4.69) is 31.2 Å². The highest BCUT2D eigenvalue weighted by Crippen LogP contribution is 2.25. The van der Waals surface area contributed by atoms with E-state index in [0.717, 1.165) is 19.6 Å². The number of hydrogen-bond donors (Lipinski definition) is 1. The summed E-state index contributed by atoms with van der Waals surface area (Å²) in [5, 5.41) is 0. The molecule has 0 aliphatic carbocycles. The van der Waals surface area contributed by atoms with E-state index in [1.54, 1.807) is 30.3 Å². The van der Waals surface area contributed by atoms with Gasteiger partial charge in [-0.15, -0.1) is 0 Å². The van der Waals surface area contributed by atoms with Crippen molar-refractivity contribution in [2.75, 3.05) is 26.2 Å². The van der Waals surface area contributed by atoms with E-state index in [9.17, 15) is 9.18 Å². The number of hydrogen-bond acceptors (Lipinski definition) is 2. The minimum absolute atomic E-state index is 0.128. The summed E-state index contributed by atoms with van der Waals surface area (Å²) in [6.45, 7) is 6.27. The van der Waals surface area contributed by atoms with Gasteiger partial charge in [0.15, 0.2) is 5.76 Å². The minimum atomic E-state index is -0.357. The third kappa shape index (κ3) is 3.99. The maximum absolute atomic E-state index is 13.9. The highest BCUT2D eigenvalue weighted by atomic mass is 19.1. The Bertz CT molecular complexity index is 974. The van der Waals surface area contributed by atoms with Crippen molar-refractivity contribution in [3.8, 4) is 11.3 Å². The molecule has 0 atom stereocenters. The zero-order valence-electron chi connectivity index (χ0n) is 16.0. The maximum atomic E-state index is 13.9. The standard InChI is InChI=1S/C23H23FN2O2/c1-17-5-4-6-18(15-17)16-25-11-13-26(14-12-25)23(27)22-10-9-21(28-22)19-7-2-3-8-20(19)24/h2-10,15H,11-14,16H2,1H3/p+1. The number of aryl methyl sites for hydroxylation is 1. The molecule has 4 rings (SSSR count). The topological polar surface area (TPSA) is 37.9 Å². The Morgan fingerprint density at radius 1 is 1.07 bits per heavy atom. The number of carbonyl (C=O) groups is 1. The van der Waals surface area contributed by atoms with Gasteiger partial charge in [0.1, 0.15) is 18.1 Å². The molecule has 0 bridgehead atoms. The molecule has 1 aliphatic rings. The molecule has 1 aromatic heterocycles. The maximum Gasteiger partial charge on any atom is 0.289 e. The molecule has 0 unspecified atom stereocenters. The average molecular weight is 379 g/mol. The first-order chi connectivity index (χ1) is 13.6. The fourth-order valence-corrected chi connectivity index (χ4v) is 3.73. The summed E-state index contributed by atoms with van der Waals surface area (Å²) >= 11 is 0. The van der Waals surface area contributed by atoms with Crippen LogP contribution in [-0.4, -0.2) is 37.0 Å². The van der Waals surface area contributed by atoms with Crippen LogP contribution in [-0.2, 0) is 6.54 Å². The van der Waals surface area contributed by atoms with Gasteiger partial charge in [-0.1, -0.05) is 42.0 Å². The van der Waals surface area contributed by atoms with Crippen LogP contribution >= 0.6 is 0 Å². The molecule has 2 heterocycles. The van der Waals surface area contributed by atoms with Crippen LogP contribution in [0.5, 0.6) is 0 Å². The van der Waals surface area contributed by atoms with E-state index in [0.29, 0.717) is 24.4 Å². The first kappa shape index (κ1) is 18.4. The van der Waals surface area contributed by atoms with Gasteiger partial charge in [-0.2, -0.15) is 0 Å². The lowest BCUT2D eigenvalue weighted by Crippen LogP contribution is -3.13. The Labute approximate surface area is 164 Å². The SMILES string of the molecule is Cc1cccc(C[NH+]2CCN(C(=O)c3ccc(-c4ccccc4F)o3)CC2)c1. The predicted octanol–water partition coefficient (Wildman–Crippen LogP) is 2.94. The van der Waals surface area contributed by atoms with Crippen molar-refractivity contribution in [3.63, 3.8) is 0 Å². The van der Waals surface area contributed by atoms with Crippen molar-refractivity contribution < 1.29 is 18.5 Å². The van der Waals surface area contributed by atoms with Crippen LogP contribution in [0.15, 0.2) is 65.1 Å². The van der Waals surface area contributed by atoms with Gasteiger partial charge in [-0.25, -0.2) is 4.39 Å². The van der Waals surface area contributed by atoms with Crippen molar-refractivity contribution in [3.05, 3.63) is 83.4 Å². The van der Waals surface area contributed by atoms with E-state index in [4.69, 9.17) is 4.42 Å². The Balaban J connectivity index is 1.37. The minimum Gasteiger partial charge on any atom is -0.451 e. The average Bonchev–Trinajstić information content (AvgIpc) is 3.18. The molecule has 1 aliphatic heterocycles. The van der Waals surface area contributed by atoms with Crippen LogP contribution in [0.25, 0.3) is 11.3 Å². The summed E-state index contributed by atoms with van der Waals surface area (Å²) in [6.07, 6.45) is 0. The zero-order chi connectivity index (χ0) is 19.5. The molecule has 4 nitrogen and oxygen atoms in total. The van der Waals surface area contributed by atoms with Crippen molar-refractivity contribution in [2.45, 2.75) is 13.5 Å². The highest BCUT2D eigenvalue weighted by molar-refractivity contribution is 5.92. The van der Waals surface area contributed by atoms with E-state index >= 15 is 0 Å². The smallest absolute Gasteiger partial charge is 0.289 e. The number of piperazine rings is 1. The molecule has 3 aromatic rings. The first-order valence-corrected chi connectivity index (χ1v) is 9.63. The van der Waals surface area contributed by atoms with Crippen molar-refractivity contribution in [1.82, 2.24) is 4.90 Å². The van der Waals surface area contributed by atoms with E-state index in [1.165, 1.54) is 22.1 Å². The quantitative estimate of drug-likeness (QED) is 0.757. The van der Waals surface area contributed by atoms with Crippen LogP contribution in [0.3, 0.4) is 0 Å². The molecule has 1 saturated heterocycles. The van der Waals surface area contributed by atoms with Gasteiger partial charge in [0, 0.05) is 5.56 Å². The lowest BCUT2D eigenvalue weighted by Gasteiger charge is -2.31. The number of carbonyl (C=O) groups excluding carboxylic acids is 1. The lowest BCUT2D eigenvalue weighted by molar-refractivity contribution is -0.917. The monoisotopic (exact) mass is 379 g/mol. The summed E-state index contributed by atoms with van der Waals surface area (Å²) in [5.41, 5.74) is 2.97. The van der Waals surface area contributed by atoms with Crippen LogP contribution in [0.4, 0.5) is 4.39 Å². The van der Waals surface area contributed by atoms with Gasteiger partial charge in [-0.05, 0) is 31.2 Å². The molecule has 1 fully saturated rings. The van der Waals surface area contributed by atoms with Crippen molar-refractivity contribution >= 4 is 5.91 Å². The highest BCUT2D eigenvalue weighted by Gasteiger charge is 2.26. The fourth-order valence-electron chi connectivity index (χ4n) is 3.73. The lowest BCUT2D eigenvalue weighted by atomic mass is 10.1. The second-order valence-electron chi connectivity index (χ2n) is 7.35. The summed E-state index contributed by atoms with van der Waals surface area (Å²) < 4.78 is 19.6. The van der Waals surface area contributed by atoms with Gasteiger partial charge in [0.05, 0.1) is 31.7 Å². The summed E-state index contributed by atoms with van der Waals surface area (Å²) in [4.78, 5) is 16.1. The molecule has 2 aromatic carbocycles. The molecule has 0 radical (unpaired) electrons. The Kier molecular flexibility index (Phi) is 5.26. The van der Waals surface area contributed by atoms with E-state index in [1.807, 2.05) is 4.90 Å². The van der Waals surface area contributed by atoms with Gasteiger partial charge in [0.2, 0.25) is 0 Å². The van der Waals surface area contributed by atoms with Gasteiger partial charge >= 0.3 is 0 Å². The Hall–Kier alpha value is -2.92. The van der Waals surface area contributed by atoms with Crippen molar-refractivity contribution in [1.29, 1.82) is 0 Å². The van der Waals surface area contributed by atoms with Crippen LogP contribution < -0.4 is 4.90 Å². The number of nitrogens with zero attached hydrogens (tertiary/aromatic N) is 1. The van der Waals surface area contributed by atoms with Gasteiger partial charge in [0.25, 0.3) is 5.91 Å². The third-order valence-electron chi connectivity index (χ3n) is 5.25. The molecular formula is C23H24FN2O2+. The molecule has 1 N–H and O–H groups in total. The fraction of sp³-hybridized carbons (Fsp3) is 0.261. The second-order valence-corrected chi connectivity index (χ2v) is 7.35. The Morgan fingerprint density at radius 2 is 1.86 bits per heavy atom. The molecule has 144 valence electrons. The van der Waals surface area contributed by atoms with Crippen LogP contribution in [0, 0.1) is 12.7 Å².